The van der Waals surface area contributed by atoms with E-state index in [0.717, 1.165) is 10.9 Å². The Morgan fingerprint density at radius 2 is 2.12 bits per heavy atom. The van der Waals surface area contributed by atoms with Crippen molar-refractivity contribution < 1.29 is 5.11 Å². The van der Waals surface area contributed by atoms with Gasteiger partial charge in [0.15, 0.2) is 11.6 Å². The van der Waals surface area contributed by atoms with E-state index in [0.29, 0.717) is 5.82 Å². The Labute approximate surface area is 104 Å². The molecule has 0 aliphatic heterocycles. The van der Waals surface area contributed by atoms with E-state index in [1.807, 2.05) is 31.3 Å². The molecule has 0 saturated heterocycles. The van der Waals surface area contributed by atoms with E-state index in [-0.39, 0.29) is 10.9 Å². The summed E-state index contributed by atoms with van der Waals surface area (Å²) in [5.41, 5.74) is 0.898. The van der Waals surface area contributed by atoms with Crippen LogP contribution in [0.15, 0.2) is 34.5 Å². The van der Waals surface area contributed by atoms with Gasteiger partial charge in [-0.3, -0.25) is 0 Å². The van der Waals surface area contributed by atoms with E-state index >= 15 is 0 Å². The van der Waals surface area contributed by atoms with Crippen LogP contribution in [0.1, 0.15) is 0 Å². The summed E-state index contributed by atoms with van der Waals surface area (Å²) in [6.45, 7) is 0. The van der Waals surface area contributed by atoms with Gasteiger partial charge in [0.2, 0.25) is 5.11 Å². The Morgan fingerprint density at radius 3 is 2.76 bits per heavy atom. The monoisotopic (exact) mass is 248 g/mol. The molecule has 6 heteroatoms. The molecule has 0 fully saturated rings. The van der Waals surface area contributed by atoms with Gasteiger partial charge in [-0.25, -0.2) is 0 Å². The van der Waals surface area contributed by atoms with Crippen molar-refractivity contribution in [3.05, 3.63) is 24.3 Å². The van der Waals surface area contributed by atoms with E-state index in [4.69, 9.17) is 12.2 Å². The molecule has 88 valence electrons. The number of hydrogen-bond acceptors (Lipinski definition) is 3. The molecule has 0 atom stereocenters. The lowest BCUT2D eigenvalue weighted by molar-refractivity contribution is 0.481. The quantitative estimate of drug-likeness (QED) is 0.602. The first-order valence-corrected chi connectivity index (χ1v) is 5.45. The van der Waals surface area contributed by atoms with E-state index < -0.39 is 0 Å². The number of para-hydroxylation sites is 1. The number of nitrogens with one attached hydrogen (secondary N) is 1. The summed E-state index contributed by atoms with van der Waals surface area (Å²) in [4.78, 5) is 0. The lowest BCUT2D eigenvalue weighted by atomic mass is 10.2. The van der Waals surface area contributed by atoms with Gasteiger partial charge in [0.05, 0.1) is 5.52 Å². The number of rotatable bonds is 1. The van der Waals surface area contributed by atoms with Gasteiger partial charge in [0, 0.05) is 19.5 Å². The number of aryl methyl sites for hydroxylation is 1. The van der Waals surface area contributed by atoms with Crippen molar-refractivity contribution in [1.29, 1.82) is 0 Å². The molecule has 0 aliphatic carbocycles. The maximum absolute atomic E-state index is 10.0. The first-order valence-electron chi connectivity index (χ1n) is 5.05. The van der Waals surface area contributed by atoms with Crippen molar-refractivity contribution in [3.8, 4) is 5.75 Å². The number of thiocarbonyl (C=S) groups is 1. The Balaban J connectivity index is 2.55. The van der Waals surface area contributed by atoms with Crippen LogP contribution < -0.4 is 5.32 Å². The van der Waals surface area contributed by atoms with E-state index in [9.17, 15) is 5.11 Å². The molecule has 17 heavy (non-hydrogen) atoms. The molecule has 0 spiro atoms. The summed E-state index contributed by atoms with van der Waals surface area (Å²) in [6.07, 6.45) is 0. The number of nitrogens with zero attached hydrogens (tertiary/aromatic N) is 3. The van der Waals surface area contributed by atoms with Crippen molar-refractivity contribution in [1.82, 2.24) is 9.88 Å². The topological polar surface area (TPSA) is 61.9 Å². The molecule has 2 aromatic rings. The third-order valence-electron chi connectivity index (χ3n) is 2.50. The van der Waals surface area contributed by atoms with Gasteiger partial charge in [-0.2, -0.15) is 0 Å². The van der Waals surface area contributed by atoms with Crippen LogP contribution in [-0.4, -0.2) is 21.8 Å². The smallest absolute Gasteiger partial charge is 0.213 e. The lowest BCUT2D eigenvalue weighted by Crippen LogP contribution is -2.11. The minimum absolute atomic E-state index is 0.116. The van der Waals surface area contributed by atoms with Gasteiger partial charge >= 0.3 is 0 Å². The third kappa shape index (κ3) is 1.99. The standard InChI is InChI=1S/C11H12N4OS/c1-12-11(17)14-13-10-9(16)7-5-3-4-6-8(7)15(10)2/h3-6,16H,1-2H3,(H,12,17)/b14-13+. The molecule has 0 aliphatic rings. The van der Waals surface area contributed by atoms with Crippen LogP contribution in [-0.2, 0) is 7.05 Å². The summed E-state index contributed by atoms with van der Waals surface area (Å²) >= 11 is 4.86. The second-order valence-electron chi connectivity index (χ2n) is 3.50. The molecule has 0 amide bonds. The third-order valence-corrected chi connectivity index (χ3v) is 2.79. The van der Waals surface area contributed by atoms with Crippen LogP contribution in [0.25, 0.3) is 10.9 Å². The molecule has 1 aromatic carbocycles. The van der Waals surface area contributed by atoms with Crippen LogP contribution in [0.3, 0.4) is 0 Å². The van der Waals surface area contributed by atoms with E-state index in [1.54, 1.807) is 11.6 Å². The second kappa shape index (κ2) is 4.50. The Morgan fingerprint density at radius 1 is 1.41 bits per heavy atom. The fourth-order valence-corrected chi connectivity index (χ4v) is 1.66. The zero-order chi connectivity index (χ0) is 12.4. The first kappa shape index (κ1) is 11.5. The van der Waals surface area contributed by atoms with Crippen LogP contribution in [0.5, 0.6) is 5.75 Å². The molecule has 0 unspecified atom stereocenters. The zero-order valence-electron chi connectivity index (χ0n) is 9.51. The predicted molar refractivity (Wildman–Crippen MR) is 70.8 cm³/mol. The predicted octanol–water partition coefficient (Wildman–Crippen LogP) is 2.47. The number of aromatic nitrogens is 1. The SMILES string of the molecule is CNC(=S)/N=N/c1c(O)c2ccccc2n1C. The van der Waals surface area contributed by atoms with Crippen molar-refractivity contribution in [2.24, 2.45) is 17.3 Å². The van der Waals surface area contributed by atoms with Crippen molar-refractivity contribution in [2.45, 2.75) is 0 Å². The summed E-state index contributed by atoms with van der Waals surface area (Å²) in [5, 5.41) is 21.5. The van der Waals surface area contributed by atoms with Gasteiger partial charge in [-0.05, 0) is 24.4 Å². The molecule has 2 rings (SSSR count). The van der Waals surface area contributed by atoms with Gasteiger partial charge in [0.1, 0.15) is 0 Å². The minimum atomic E-state index is 0.116. The van der Waals surface area contributed by atoms with Crippen LogP contribution in [0.2, 0.25) is 0 Å². The lowest BCUT2D eigenvalue weighted by Gasteiger charge is -1.97. The molecule has 0 saturated carbocycles. The van der Waals surface area contributed by atoms with Gasteiger partial charge in [0.25, 0.3) is 0 Å². The largest absolute Gasteiger partial charge is 0.504 e. The fraction of sp³-hybridized carbons (Fsp3) is 0.182. The average Bonchev–Trinajstić information content (AvgIpc) is 2.60. The Bertz CT molecular complexity index is 564. The maximum atomic E-state index is 10.0. The van der Waals surface area contributed by atoms with Gasteiger partial charge in [-0.1, -0.05) is 12.1 Å². The zero-order valence-corrected chi connectivity index (χ0v) is 10.3. The van der Waals surface area contributed by atoms with Crippen LogP contribution >= 0.6 is 12.2 Å². The number of hydrogen-bond donors (Lipinski definition) is 2. The normalized spacial score (nSPS) is 11.2. The highest BCUT2D eigenvalue weighted by atomic mass is 32.1. The Hall–Kier alpha value is -1.95. The molecule has 2 N–H and O–H groups in total. The number of benzene rings is 1. The molecular weight excluding hydrogens is 236 g/mol. The highest BCUT2D eigenvalue weighted by Gasteiger charge is 2.13. The first-order chi connectivity index (χ1) is 8.15. The molecule has 0 bridgehead atoms. The molecular formula is C11H12N4OS. The summed E-state index contributed by atoms with van der Waals surface area (Å²) < 4.78 is 1.77. The number of fused-ring (bicyclic) bond motifs is 1. The minimum Gasteiger partial charge on any atom is -0.504 e. The van der Waals surface area contributed by atoms with E-state index in [2.05, 4.69) is 15.5 Å². The molecule has 0 radical (unpaired) electrons. The highest BCUT2D eigenvalue weighted by Crippen LogP contribution is 2.37. The van der Waals surface area contributed by atoms with E-state index in [1.165, 1.54) is 0 Å². The maximum Gasteiger partial charge on any atom is 0.213 e. The van der Waals surface area contributed by atoms with Gasteiger partial charge < -0.3 is 15.0 Å². The number of aromatic hydroxyl groups is 1. The van der Waals surface area contributed by atoms with Crippen molar-refractivity contribution in [2.75, 3.05) is 7.05 Å². The summed E-state index contributed by atoms with van der Waals surface area (Å²) in [6, 6.07) is 7.51. The summed E-state index contributed by atoms with van der Waals surface area (Å²) in [5.74, 6) is 0.509. The van der Waals surface area contributed by atoms with Crippen LogP contribution in [0, 0.1) is 0 Å². The summed E-state index contributed by atoms with van der Waals surface area (Å²) in [7, 11) is 3.49. The van der Waals surface area contributed by atoms with Crippen molar-refractivity contribution >= 4 is 34.1 Å². The molecule has 1 aromatic heterocycles. The van der Waals surface area contributed by atoms with Crippen LogP contribution in [0.4, 0.5) is 5.82 Å². The molecule has 1 heterocycles. The molecule has 5 nitrogen and oxygen atoms in total. The number of azo groups is 1. The van der Waals surface area contributed by atoms with Gasteiger partial charge in [-0.15, -0.1) is 10.2 Å². The highest BCUT2D eigenvalue weighted by molar-refractivity contribution is 7.80. The Kier molecular flexibility index (Phi) is 3.06. The fourth-order valence-electron chi connectivity index (χ4n) is 1.62. The average molecular weight is 248 g/mol. The van der Waals surface area contributed by atoms with Crippen molar-refractivity contribution in [3.63, 3.8) is 0 Å². The second-order valence-corrected chi connectivity index (χ2v) is 3.89.